The summed E-state index contributed by atoms with van der Waals surface area (Å²) in [5.74, 6) is 0. The van der Waals surface area contributed by atoms with Crippen molar-refractivity contribution in [3.05, 3.63) is 58.6 Å². The van der Waals surface area contributed by atoms with Crippen molar-refractivity contribution in [3.63, 3.8) is 0 Å². The third kappa shape index (κ3) is 3.95. The lowest BCUT2D eigenvalue weighted by Crippen LogP contribution is -2.12. The van der Waals surface area contributed by atoms with E-state index in [1.54, 1.807) is 48.5 Å². The number of halogens is 1. The molecule has 0 aliphatic rings. The molecule has 118 valence electrons. The van der Waals surface area contributed by atoms with Crippen LogP contribution in [0.5, 0.6) is 0 Å². The van der Waals surface area contributed by atoms with Gasteiger partial charge in [-0.15, -0.1) is 0 Å². The minimum Gasteiger partial charge on any atom is -0.394 e. The molecule has 0 aliphatic heterocycles. The van der Waals surface area contributed by atoms with Gasteiger partial charge >= 0.3 is 0 Å². The molecule has 0 bridgehead atoms. The summed E-state index contributed by atoms with van der Waals surface area (Å²) in [7, 11) is -3.53. The molecule has 2 N–H and O–H groups in total. The van der Waals surface area contributed by atoms with Crippen molar-refractivity contribution in [3.8, 4) is 0 Å². The molecular weight excluding hydrogens is 368 g/mol. The van der Waals surface area contributed by atoms with Gasteiger partial charge in [0.05, 0.1) is 22.5 Å². The van der Waals surface area contributed by atoms with Gasteiger partial charge in [-0.3, -0.25) is 0 Å². The molecule has 1 unspecified atom stereocenters. The maximum Gasteiger partial charge on any atom is 0.206 e. The van der Waals surface area contributed by atoms with Crippen LogP contribution in [-0.4, -0.2) is 31.3 Å². The highest BCUT2D eigenvalue weighted by molar-refractivity contribution is 9.10. The van der Waals surface area contributed by atoms with Crippen molar-refractivity contribution in [1.82, 2.24) is 0 Å². The van der Waals surface area contributed by atoms with Gasteiger partial charge in [-0.1, -0.05) is 40.2 Å². The van der Waals surface area contributed by atoms with Gasteiger partial charge in [0.1, 0.15) is 0 Å². The zero-order valence-electron chi connectivity index (χ0n) is 11.8. The van der Waals surface area contributed by atoms with E-state index in [-0.39, 0.29) is 16.4 Å². The minimum absolute atomic E-state index is 0.219. The number of aliphatic hydroxyl groups excluding tert-OH is 2. The van der Waals surface area contributed by atoms with Crippen LogP contribution in [0.15, 0.2) is 62.8 Å². The van der Waals surface area contributed by atoms with Crippen LogP contribution in [0, 0.1) is 0 Å². The highest BCUT2D eigenvalue weighted by atomic mass is 79.9. The highest BCUT2D eigenvalue weighted by Crippen LogP contribution is 2.27. The fraction of sp³-hybridized carbons (Fsp3) is 0.250. The molecule has 2 aromatic carbocycles. The lowest BCUT2D eigenvalue weighted by molar-refractivity contribution is 0.0885. The Kier molecular flexibility index (Phi) is 5.74. The van der Waals surface area contributed by atoms with E-state index < -0.39 is 15.9 Å². The largest absolute Gasteiger partial charge is 0.394 e. The fourth-order valence-electron chi connectivity index (χ4n) is 2.05. The summed E-state index contributed by atoms with van der Waals surface area (Å²) in [6.07, 6.45) is 0.202. The van der Waals surface area contributed by atoms with Crippen molar-refractivity contribution < 1.29 is 18.6 Å². The standard InChI is InChI=1S/C16H17BrO4S/c17-16-10-15(9-7-12(16)6-8-13(19)11-18)22(20,21)14-4-2-1-3-5-14/h1-5,7,9-10,13,18-19H,6,8,11H2. The lowest BCUT2D eigenvalue weighted by atomic mass is 10.1. The van der Waals surface area contributed by atoms with Crippen molar-refractivity contribution >= 4 is 25.8 Å². The first kappa shape index (κ1) is 17.1. The second-order valence-corrected chi connectivity index (χ2v) is 7.75. The quantitative estimate of drug-likeness (QED) is 0.802. The Balaban J connectivity index is 2.26. The summed E-state index contributed by atoms with van der Waals surface area (Å²) >= 11 is 3.38. The first-order valence-corrected chi connectivity index (χ1v) is 9.10. The molecule has 0 amide bonds. The molecule has 0 saturated heterocycles. The van der Waals surface area contributed by atoms with Crippen molar-refractivity contribution in [2.24, 2.45) is 0 Å². The second kappa shape index (κ2) is 7.37. The number of hydrogen-bond acceptors (Lipinski definition) is 4. The van der Waals surface area contributed by atoms with Crippen LogP contribution >= 0.6 is 15.9 Å². The molecule has 0 saturated carbocycles. The van der Waals surface area contributed by atoms with Crippen molar-refractivity contribution in [1.29, 1.82) is 0 Å². The Morgan fingerprint density at radius 1 is 1.05 bits per heavy atom. The average Bonchev–Trinajstić information content (AvgIpc) is 2.54. The first-order valence-electron chi connectivity index (χ1n) is 6.82. The topological polar surface area (TPSA) is 74.6 Å². The number of hydrogen-bond donors (Lipinski definition) is 2. The molecule has 0 fully saturated rings. The van der Waals surface area contributed by atoms with Gasteiger partial charge in [0, 0.05) is 4.47 Å². The zero-order valence-corrected chi connectivity index (χ0v) is 14.2. The zero-order chi connectivity index (χ0) is 16.2. The minimum atomic E-state index is -3.53. The van der Waals surface area contributed by atoms with Gasteiger partial charge in [-0.05, 0) is 42.7 Å². The van der Waals surface area contributed by atoms with E-state index >= 15 is 0 Å². The molecule has 1 atom stereocenters. The van der Waals surface area contributed by atoms with E-state index in [9.17, 15) is 13.5 Å². The number of sulfone groups is 1. The summed E-state index contributed by atoms with van der Waals surface area (Å²) in [5.41, 5.74) is 0.888. The molecule has 0 aliphatic carbocycles. The maximum absolute atomic E-state index is 12.5. The van der Waals surface area contributed by atoms with Crippen LogP contribution in [0.3, 0.4) is 0 Å². The molecular formula is C16H17BrO4S. The molecule has 22 heavy (non-hydrogen) atoms. The predicted molar refractivity (Wildman–Crippen MR) is 87.4 cm³/mol. The van der Waals surface area contributed by atoms with Gasteiger partial charge < -0.3 is 10.2 Å². The van der Waals surface area contributed by atoms with Crippen molar-refractivity contribution in [2.45, 2.75) is 28.7 Å². The molecule has 4 nitrogen and oxygen atoms in total. The van der Waals surface area contributed by atoms with E-state index in [1.165, 1.54) is 0 Å². The van der Waals surface area contributed by atoms with Crippen LogP contribution in [-0.2, 0) is 16.3 Å². The smallest absolute Gasteiger partial charge is 0.206 e. The van der Waals surface area contributed by atoms with Crippen LogP contribution in [0.25, 0.3) is 0 Å². The molecule has 0 heterocycles. The Bertz CT molecular complexity index is 729. The van der Waals surface area contributed by atoms with Gasteiger partial charge in [-0.25, -0.2) is 8.42 Å². The van der Waals surface area contributed by atoms with Crippen LogP contribution in [0.2, 0.25) is 0 Å². The average molecular weight is 385 g/mol. The molecule has 0 radical (unpaired) electrons. The summed E-state index contributed by atoms with van der Waals surface area (Å²) < 4.78 is 25.7. The second-order valence-electron chi connectivity index (χ2n) is 4.94. The molecule has 2 aromatic rings. The summed E-state index contributed by atoms with van der Waals surface area (Å²) in [6, 6.07) is 13.1. The number of aryl methyl sites for hydroxylation is 1. The van der Waals surface area contributed by atoms with Crippen LogP contribution in [0.1, 0.15) is 12.0 Å². The van der Waals surface area contributed by atoms with Crippen LogP contribution < -0.4 is 0 Å². The summed E-state index contributed by atoms with van der Waals surface area (Å²) in [6.45, 7) is -0.280. The third-order valence-corrected chi connectivity index (χ3v) is 5.85. The van der Waals surface area contributed by atoms with E-state index in [1.807, 2.05) is 0 Å². The summed E-state index contributed by atoms with van der Waals surface area (Å²) in [4.78, 5) is 0.474. The molecule has 0 aromatic heterocycles. The normalized spacial score (nSPS) is 13.0. The van der Waals surface area contributed by atoms with E-state index in [4.69, 9.17) is 5.11 Å². The number of benzene rings is 2. The first-order chi connectivity index (χ1) is 10.4. The predicted octanol–water partition coefficient (Wildman–Crippen LogP) is 2.57. The number of aliphatic hydroxyl groups is 2. The van der Waals surface area contributed by atoms with Gasteiger partial charge in [0.2, 0.25) is 9.84 Å². The van der Waals surface area contributed by atoms with E-state index in [0.717, 1.165) is 5.56 Å². The maximum atomic E-state index is 12.5. The Labute approximate surface area is 138 Å². The molecule has 2 rings (SSSR count). The number of rotatable bonds is 6. The molecule has 0 spiro atoms. The fourth-order valence-corrected chi connectivity index (χ4v) is 4.08. The Hall–Kier alpha value is -1.21. The Morgan fingerprint density at radius 3 is 2.32 bits per heavy atom. The summed E-state index contributed by atoms with van der Waals surface area (Å²) in [5, 5.41) is 18.2. The van der Waals surface area contributed by atoms with Gasteiger partial charge in [-0.2, -0.15) is 0 Å². The Morgan fingerprint density at radius 2 is 1.73 bits per heavy atom. The highest BCUT2D eigenvalue weighted by Gasteiger charge is 2.18. The molecule has 6 heteroatoms. The third-order valence-electron chi connectivity index (χ3n) is 3.35. The lowest BCUT2D eigenvalue weighted by Gasteiger charge is -2.10. The SMILES string of the molecule is O=S(=O)(c1ccccc1)c1ccc(CCC(O)CO)c(Br)c1. The van der Waals surface area contributed by atoms with Crippen LogP contribution in [0.4, 0.5) is 0 Å². The van der Waals surface area contributed by atoms with Gasteiger partial charge in [0.25, 0.3) is 0 Å². The van der Waals surface area contributed by atoms with E-state index in [0.29, 0.717) is 17.3 Å². The van der Waals surface area contributed by atoms with E-state index in [2.05, 4.69) is 15.9 Å². The van der Waals surface area contributed by atoms with Gasteiger partial charge in [0.15, 0.2) is 0 Å². The monoisotopic (exact) mass is 384 g/mol. The van der Waals surface area contributed by atoms with Crippen molar-refractivity contribution in [2.75, 3.05) is 6.61 Å².